The molecule has 3 nitrogen and oxygen atoms in total. The minimum Gasteiger partial charge on any atom is -0.306 e. The second kappa shape index (κ2) is 7.71. The van der Waals surface area contributed by atoms with E-state index >= 15 is 0 Å². The van der Waals surface area contributed by atoms with Gasteiger partial charge in [0.25, 0.3) is 0 Å². The lowest BCUT2D eigenvalue weighted by Crippen LogP contribution is -2.24. The van der Waals surface area contributed by atoms with Crippen molar-refractivity contribution in [1.29, 1.82) is 0 Å². The van der Waals surface area contributed by atoms with Crippen molar-refractivity contribution in [2.24, 2.45) is 0 Å². The molecule has 152 valence electrons. The Morgan fingerprint density at radius 3 is 1.50 bits per heavy atom. The molecule has 0 bridgehead atoms. The summed E-state index contributed by atoms with van der Waals surface area (Å²) in [6, 6.07) is 42.3. The third kappa shape index (κ3) is 2.95. The molecule has 4 aromatic carbocycles. The SMILES string of the molecule is c1ccc(N2c3ccccc3N(c3ccccc3-c3ccccn3)c3ccccc32)cc1. The molecule has 0 fully saturated rings. The molecule has 0 saturated heterocycles. The Balaban J connectivity index is 1.63. The van der Waals surface area contributed by atoms with E-state index in [9.17, 15) is 0 Å². The van der Waals surface area contributed by atoms with Gasteiger partial charge in [-0.2, -0.15) is 0 Å². The van der Waals surface area contributed by atoms with Crippen LogP contribution in [-0.4, -0.2) is 4.98 Å². The number of nitrogens with zero attached hydrogens (tertiary/aromatic N) is 3. The summed E-state index contributed by atoms with van der Waals surface area (Å²) in [6.07, 6.45) is 1.85. The molecule has 1 aliphatic rings. The highest BCUT2D eigenvalue weighted by molar-refractivity contribution is 6.03. The van der Waals surface area contributed by atoms with E-state index in [1.807, 2.05) is 18.3 Å². The smallest absolute Gasteiger partial charge is 0.0723 e. The molecule has 0 N–H and O–H groups in total. The largest absolute Gasteiger partial charge is 0.306 e. The van der Waals surface area contributed by atoms with Gasteiger partial charge >= 0.3 is 0 Å². The molecule has 1 aliphatic heterocycles. The molecule has 2 heterocycles. The number of hydrogen-bond acceptors (Lipinski definition) is 3. The van der Waals surface area contributed by atoms with Gasteiger partial charge in [0.05, 0.1) is 34.1 Å². The summed E-state index contributed by atoms with van der Waals surface area (Å²) in [7, 11) is 0. The van der Waals surface area contributed by atoms with Crippen LogP contribution in [0, 0.1) is 0 Å². The number of hydrogen-bond donors (Lipinski definition) is 0. The Kier molecular flexibility index (Phi) is 4.43. The van der Waals surface area contributed by atoms with Crippen LogP contribution in [0.2, 0.25) is 0 Å². The zero-order chi connectivity index (χ0) is 21.3. The van der Waals surface area contributed by atoms with Crippen molar-refractivity contribution in [3.05, 3.63) is 128 Å². The maximum atomic E-state index is 4.64. The van der Waals surface area contributed by atoms with Crippen LogP contribution in [0.15, 0.2) is 128 Å². The van der Waals surface area contributed by atoms with Gasteiger partial charge < -0.3 is 9.80 Å². The second-order valence-corrected chi connectivity index (χ2v) is 7.72. The van der Waals surface area contributed by atoms with Crippen LogP contribution in [-0.2, 0) is 0 Å². The zero-order valence-corrected chi connectivity index (χ0v) is 17.5. The molecule has 32 heavy (non-hydrogen) atoms. The van der Waals surface area contributed by atoms with Crippen LogP contribution in [0.1, 0.15) is 0 Å². The van der Waals surface area contributed by atoms with Crippen molar-refractivity contribution >= 4 is 34.1 Å². The Bertz CT molecular complexity index is 1330. The molecule has 0 aliphatic carbocycles. The summed E-state index contributed by atoms with van der Waals surface area (Å²) in [5.74, 6) is 0. The highest BCUT2D eigenvalue weighted by Gasteiger charge is 2.31. The van der Waals surface area contributed by atoms with E-state index in [1.54, 1.807) is 0 Å². The van der Waals surface area contributed by atoms with Gasteiger partial charge in [0.2, 0.25) is 0 Å². The fourth-order valence-corrected chi connectivity index (χ4v) is 4.47. The monoisotopic (exact) mass is 411 g/mol. The van der Waals surface area contributed by atoms with Gasteiger partial charge in [0.15, 0.2) is 0 Å². The number of benzene rings is 4. The van der Waals surface area contributed by atoms with Gasteiger partial charge in [0.1, 0.15) is 0 Å². The lowest BCUT2D eigenvalue weighted by Gasteiger charge is -2.40. The van der Waals surface area contributed by atoms with E-state index < -0.39 is 0 Å². The number of anilines is 6. The predicted molar refractivity (Wildman–Crippen MR) is 133 cm³/mol. The van der Waals surface area contributed by atoms with Crippen LogP contribution in [0.5, 0.6) is 0 Å². The molecule has 6 rings (SSSR count). The van der Waals surface area contributed by atoms with Gasteiger partial charge in [-0.05, 0) is 54.6 Å². The van der Waals surface area contributed by atoms with Crippen LogP contribution < -0.4 is 9.80 Å². The molecule has 0 unspecified atom stereocenters. The standard InChI is InChI=1S/C29H21N3/c1-2-12-22(13-3-1)31-26-17-6-8-19-28(26)32(29-20-9-7-18-27(29)31)25-16-5-4-14-23(25)24-15-10-11-21-30-24/h1-21H. The molecular formula is C29H21N3. The summed E-state index contributed by atoms with van der Waals surface area (Å²) in [5.41, 5.74) is 8.89. The minimum absolute atomic E-state index is 0.962. The van der Waals surface area contributed by atoms with Crippen LogP contribution in [0.4, 0.5) is 34.1 Å². The highest BCUT2D eigenvalue weighted by Crippen LogP contribution is 2.54. The normalized spacial score (nSPS) is 12.2. The fraction of sp³-hybridized carbons (Fsp3) is 0. The molecule has 3 heteroatoms. The highest BCUT2D eigenvalue weighted by atomic mass is 15.3. The second-order valence-electron chi connectivity index (χ2n) is 7.72. The maximum Gasteiger partial charge on any atom is 0.0723 e. The number of aromatic nitrogens is 1. The van der Waals surface area contributed by atoms with Crippen molar-refractivity contribution in [3.8, 4) is 11.3 Å². The van der Waals surface area contributed by atoms with Crippen molar-refractivity contribution in [1.82, 2.24) is 4.98 Å². The molecule has 0 spiro atoms. The van der Waals surface area contributed by atoms with Crippen molar-refractivity contribution < 1.29 is 0 Å². The maximum absolute atomic E-state index is 4.64. The Morgan fingerprint density at radius 2 is 0.906 bits per heavy atom. The minimum atomic E-state index is 0.962. The average Bonchev–Trinajstić information content (AvgIpc) is 2.88. The van der Waals surface area contributed by atoms with Crippen molar-refractivity contribution in [3.63, 3.8) is 0 Å². The Morgan fingerprint density at radius 1 is 0.406 bits per heavy atom. The van der Waals surface area contributed by atoms with Gasteiger partial charge in [-0.25, -0.2) is 0 Å². The van der Waals surface area contributed by atoms with Crippen molar-refractivity contribution in [2.75, 3.05) is 9.80 Å². The van der Waals surface area contributed by atoms with Gasteiger partial charge in [0, 0.05) is 17.4 Å². The predicted octanol–water partition coefficient (Wildman–Crippen LogP) is 8.00. The topological polar surface area (TPSA) is 19.4 Å². The lowest BCUT2D eigenvalue weighted by molar-refractivity contribution is 1.17. The first kappa shape index (κ1) is 18.4. The van der Waals surface area contributed by atoms with Gasteiger partial charge in [-0.3, -0.25) is 4.98 Å². The molecular weight excluding hydrogens is 390 g/mol. The van der Waals surface area contributed by atoms with E-state index in [0.717, 1.165) is 45.4 Å². The fourth-order valence-electron chi connectivity index (χ4n) is 4.47. The first-order chi connectivity index (χ1) is 15.9. The summed E-state index contributed by atoms with van der Waals surface area (Å²) in [4.78, 5) is 9.33. The summed E-state index contributed by atoms with van der Waals surface area (Å²) in [5, 5.41) is 0. The van der Waals surface area contributed by atoms with Crippen LogP contribution >= 0.6 is 0 Å². The summed E-state index contributed by atoms with van der Waals surface area (Å²) >= 11 is 0. The summed E-state index contributed by atoms with van der Waals surface area (Å²) in [6.45, 7) is 0. The van der Waals surface area contributed by atoms with Gasteiger partial charge in [-0.1, -0.05) is 66.7 Å². The van der Waals surface area contributed by atoms with E-state index in [4.69, 9.17) is 0 Å². The quantitative estimate of drug-likeness (QED) is 0.294. The third-order valence-corrected chi connectivity index (χ3v) is 5.83. The van der Waals surface area contributed by atoms with Crippen molar-refractivity contribution in [2.45, 2.75) is 0 Å². The Labute approximate surface area is 187 Å². The zero-order valence-electron chi connectivity index (χ0n) is 17.5. The molecule has 0 saturated carbocycles. The summed E-state index contributed by atoms with van der Waals surface area (Å²) < 4.78 is 0. The van der Waals surface area contributed by atoms with Crippen LogP contribution in [0.3, 0.4) is 0 Å². The Hall–Kier alpha value is -4.37. The molecule has 0 radical (unpaired) electrons. The number of fused-ring (bicyclic) bond motifs is 2. The van der Waals surface area contributed by atoms with Crippen LogP contribution in [0.25, 0.3) is 11.3 Å². The number of pyridine rings is 1. The number of rotatable bonds is 3. The van der Waals surface area contributed by atoms with E-state index in [0.29, 0.717) is 0 Å². The molecule has 1 aromatic heterocycles. The van der Waals surface area contributed by atoms with E-state index in [1.165, 1.54) is 0 Å². The first-order valence-electron chi connectivity index (χ1n) is 10.8. The third-order valence-electron chi connectivity index (χ3n) is 5.83. The first-order valence-corrected chi connectivity index (χ1v) is 10.8. The van der Waals surface area contributed by atoms with E-state index in [-0.39, 0.29) is 0 Å². The van der Waals surface area contributed by atoms with Gasteiger partial charge in [-0.15, -0.1) is 0 Å². The average molecular weight is 412 g/mol. The molecule has 0 amide bonds. The molecule has 0 atom stereocenters. The molecule has 5 aromatic rings. The van der Waals surface area contributed by atoms with E-state index in [2.05, 4.69) is 124 Å². The lowest BCUT2D eigenvalue weighted by atomic mass is 10.0. The number of para-hydroxylation sites is 6.